The zero-order valence-corrected chi connectivity index (χ0v) is 12.9. The summed E-state index contributed by atoms with van der Waals surface area (Å²) in [5, 5.41) is 4.36. The number of halogens is 1. The summed E-state index contributed by atoms with van der Waals surface area (Å²) in [6.45, 7) is 2.92. The third-order valence-corrected chi connectivity index (χ3v) is 4.36. The highest BCUT2D eigenvalue weighted by Gasteiger charge is 2.03. The minimum Gasteiger partial charge on any atom is -0.357 e. The summed E-state index contributed by atoms with van der Waals surface area (Å²) in [6.07, 6.45) is 0. The SMILES string of the molecule is Cc1cccc(CNc2nc3cc(Br)ccc3s2)c1. The summed E-state index contributed by atoms with van der Waals surface area (Å²) < 4.78 is 2.27. The fourth-order valence-corrected chi connectivity index (χ4v) is 3.17. The van der Waals surface area contributed by atoms with Gasteiger partial charge in [-0.05, 0) is 30.7 Å². The van der Waals surface area contributed by atoms with Crippen molar-refractivity contribution >= 4 is 42.6 Å². The average molecular weight is 333 g/mol. The lowest BCUT2D eigenvalue weighted by Gasteiger charge is -2.03. The molecule has 0 aliphatic carbocycles. The molecule has 1 aromatic heterocycles. The number of benzene rings is 2. The van der Waals surface area contributed by atoms with Crippen molar-refractivity contribution in [3.05, 3.63) is 58.1 Å². The predicted octanol–water partition coefficient (Wildman–Crippen LogP) is 4.98. The predicted molar refractivity (Wildman–Crippen MR) is 85.8 cm³/mol. The fraction of sp³-hybridized carbons (Fsp3) is 0.133. The topological polar surface area (TPSA) is 24.9 Å². The molecule has 0 amide bonds. The van der Waals surface area contributed by atoms with E-state index in [0.717, 1.165) is 21.7 Å². The van der Waals surface area contributed by atoms with Crippen molar-refractivity contribution < 1.29 is 0 Å². The Morgan fingerprint density at radius 1 is 1.21 bits per heavy atom. The molecule has 0 saturated carbocycles. The van der Waals surface area contributed by atoms with E-state index in [1.165, 1.54) is 15.8 Å². The van der Waals surface area contributed by atoms with Crippen molar-refractivity contribution in [1.82, 2.24) is 4.98 Å². The molecule has 3 aromatic rings. The first-order chi connectivity index (χ1) is 9.20. The highest BCUT2D eigenvalue weighted by molar-refractivity contribution is 9.10. The van der Waals surface area contributed by atoms with Gasteiger partial charge in [-0.1, -0.05) is 57.1 Å². The number of nitrogens with zero attached hydrogens (tertiary/aromatic N) is 1. The quantitative estimate of drug-likeness (QED) is 0.731. The van der Waals surface area contributed by atoms with Gasteiger partial charge in [0.25, 0.3) is 0 Å². The Morgan fingerprint density at radius 3 is 2.95 bits per heavy atom. The monoisotopic (exact) mass is 332 g/mol. The third-order valence-electron chi connectivity index (χ3n) is 2.88. The van der Waals surface area contributed by atoms with Crippen LogP contribution in [0.2, 0.25) is 0 Å². The maximum atomic E-state index is 4.59. The Labute approximate surface area is 124 Å². The molecule has 19 heavy (non-hydrogen) atoms. The first-order valence-electron chi connectivity index (χ1n) is 6.06. The van der Waals surface area contributed by atoms with Gasteiger partial charge in [0.2, 0.25) is 0 Å². The Bertz CT molecular complexity index is 721. The Kier molecular flexibility index (Phi) is 3.53. The van der Waals surface area contributed by atoms with Gasteiger partial charge in [-0.25, -0.2) is 4.98 Å². The molecule has 0 fully saturated rings. The molecular formula is C15H13BrN2S. The van der Waals surface area contributed by atoms with Gasteiger partial charge < -0.3 is 5.32 Å². The zero-order valence-electron chi connectivity index (χ0n) is 10.5. The van der Waals surface area contributed by atoms with Crippen LogP contribution in [0.3, 0.4) is 0 Å². The van der Waals surface area contributed by atoms with Crippen molar-refractivity contribution in [2.45, 2.75) is 13.5 Å². The number of hydrogen-bond donors (Lipinski definition) is 1. The summed E-state index contributed by atoms with van der Waals surface area (Å²) in [7, 11) is 0. The normalized spacial score (nSPS) is 10.8. The second-order valence-electron chi connectivity index (χ2n) is 4.47. The standard InChI is InChI=1S/C15H13BrN2S/c1-10-3-2-4-11(7-10)9-17-15-18-13-8-12(16)5-6-14(13)19-15/h2-8H,9H2,1H3,(H,17,18). The van der Waals surface area contributed by atoms with Crippen molar-refractivity contribution in [3.63, 3.8) is 0 Å². The van der Waals surface area contributed by atoms with Gasteiger partial charge in [0.1, 0.15) is 0 Å². The third kappa shape index (κ3) is 2.96. The summed E-state index contributed by atoms with van der Waals surface area (Å²) >= 11 is 5.16. The molecular weight excluding hydrogens is 320 g/mol. The maximum absolute atomic E-state index is 4.59. The van der Waals surface area contributed by atoms with Crippen molar-refractivity contribution in [3.8, 4) is 0 Å². The molecule has 1 heterocycles. The Morgan fingerprint density at radius 2 is 2.11 bits per heavy atom. The summed E-state index contributed by atoms with van der Waals surface area (Å²) in [4.78, 5) is 4.59. The van der Waals surface area contributed by atoms with Gasteiger partial charge in [0.15, 0.2) is 5.13 Å². The van der Waals surface area contributed by atoms with E-state index in [4.69, 9.17) is 0 Å². The van der Waals surface area contributed by atoms with Crippen LogP contribution >= 0.6 is 27.3 Å². The summed E-state index contributed by atoms with van der Waals surface area (Å²) in [6, 6.07) is 14.7. The number of hydrogen-bond acceptors (Lipinski definition) is 3. The number of thiazole rings is 1. The first-order valence-corrected chi connectivity index (χ1v) is 7.67. The van der Waals surface area contributed by atoms with Crippen LogP contribution in [0.4, 0.5) is 5.13 Å². The largest absolute Gasteiger partial charge is 0.357 e. The molecule has 96 valence electrons. The van der Waals surface area contributed by atoms with Crippen LogP contribution in [0.15, 0.2) is 46.9 Å². The molecule has 0 atom stereocenters. The molecule has 0 unspecified atom stereocenters. The minimum atomic E-state index is 0.808. The van der Waals surface area contributed by atoms with E-state index < -0.39 is 0 Å². The minimum absolute atomic E-state index is 0.808. The van der Waals surface area contributed by atoms with Crippen LogP contribution in [0.25, 0.3) is 10.2 Å². The number of fused-ring (bicyclic) bond motifs is 1. The van der Waals surface area contributed by atoms with Crippen LogP contribution in [0, 0.1) is 6.92 Å². The van der Waals surface area contributed by atoms with E-state index in [0.29, 0.717) is 0 Å². The molecule has 0 radical (unpaired) electrons. The lowest BCUT2D eigenvalue weighted by atomic mass is 10.1. The van der Waals surface area contributed by atoms with Gasteiger partial charge in [-0.3, -0.25) is 0 Å². The second kappa shape index (κ2) is 5.31. The number of anilines is 1. The lowest BCUT2D eigenvalue weighted by Crippen LogP contribution is -1.98. The van der Waals surface area contributed by atoms with Crippen LogP contribution in [-0.2, 0) is 6.54 Å². The highest BCUT2D eigenvalue weighted by Crippen LogP contribution is 2.28. The number of aryl methyl sites for hydroxylation is 1. The summed E-state index contributed by atoms with van der Waals surface area (Å²) in [5.41, 5.74) is 3.60. The van der Waals surface area contributed by atoms with E-state index in [9.17, 15) is 0 Å². The zero-order chi connectivity index (χ0) is 13.2. The summed E-state index contributed by atoms with van der Waals surface area (Å²) in [5.74, 6) is 0. The fourth-order valence-electron chi connectivity index (χ4n) is 1.98. The van der Waals surface area contributed by atoms with E-state index in [2.05, 4.69) is 63.5 Å². The molecule has 0 bridgehead atoms. The van der Waals surface area contributed by atoms with E-state index in [1.807, 2.05) is 12.1 Å². The van der Waals surface area contributed by atoms with Crippen LogP contribution in [0.5, 0.6) is 0 Å². The smallest absolute Gasteiger partial charge is 0.184 e. The molecule has 4 heteroatoms. The van der Waals surface area contributed by atoms with Gasteiger partial charge in [-0.15, -0.1) is 0 Å². The average Bonchev–Trinajstić information content (AvgIpc) is 2.78. The van der Waals surface area contributed by atoms with Crippen LogP contribution < -0.4 is 5.32 Å². The molecule has 2 nitrogen and oxygen atoms in total. The molecule has 2 aromatic carbocycles. The van der Waals surface area contributed by atoms with E-state index in [-0.39, 0.29) is 0 Å². The van der Waals surface area contributed by atoms with Gasteiger partial charge in [0.05, 0.1) is 10.2 Å². The van der Waals surface area contributed by atoms with Crippen molar-refractivity contribution in [2.24, 2.45) is 0 Å². The van der Waals surface area contributed by atoms with Crippen LogP contribution in [-0.4, -0.2) is 4.98 Å². The highest BCUT2D eigenvalue weighted by atomic mass is 79.9. The number of nitrogens with one attached hydrogen (secondary N) is 1. The second-order valence-corrected chi connectivity index (χ2v) is 6.42. The van der Waals surface area contributed by atoms with Gasteiger partial charge in [0, 0.05) is 11.0 Å². The van der Waals surface area contributed by atoms with E-state index >= 15 is 0 Å². The molecule has 0 aliphatic heterocycles. The number of aromatic nitrogens is 1. The molecule has 3 rings (SSSR count). The van der Waals surface area contributed by atoms with E-state index in [1.54, 1.807) is 11.3 Å². The lowest BCUT2D eigenvalue weighted by molar-refractivity contribution is 1.13. The Balaban J connectivity index is 1.78. The van der Waals surface area contributed by atoms with Crippen LogP contribution in [0.1, 0.15) is 11.1 Å². The van der Waals surface area contributed by atoms with Crippen molar-refractivity contribution in [2.75, 3.05) is 5.32 Å². The molecule has 0 saturated heterocycles. The first kappa shape index (κ1) is 12.6. The van der Waals surface area contributed by atoms with Gasteiger partial charge in [-0.2, -0.15) is 0 Å². The van der Waals surface area contributed by atoms with Gasteiger partial charge >= 0.3 is 0 Å². The molecule has 0 spiro atoms. The molecule has 0 aliphatic rings. The Hall–Kier alpha value is -1.39. The maximum Gasteiger partial charge on any atom is 0.184 e. The van der Waals surface area contributed by atoms with Crippen molar-refractivity contribution in [1.29, 1.82) is 0 Å². The number of rotatable bonds is 3. The molecule has 1 N–H and O–H groups in total.